The molecule has 0 spiro atoms. The molecule has 1 aliphatic rings. The zero-order valence-corrected chi connectivity index (χ0v) is 18.7. The topological polar surface area (TPSA) is 69.5 Å². The monoisotopic (exact) mass is 466 g/mol. The van der Waals surface area contributed by atoms with Gasteiger partial charge in [0, 0.05) is 21.7 Å². The second kappa shape index (κ2) is 8.64. The number of rotatable bonds is 6. The number of methoxy groups -OCH3 is 1. The molecule has 1 amide bonds. The molecule has 0 aliphatic carbocycles. The summed E-state index contributed by atoms with van der Waals surface area (Å²) in [5.74, 6) is 0.706. The van der Waals surface area contributed by atoms with E-state index in [-0.39, 0.29) is 6.04 Å². The van der Waals surface area contributed by atoms with Gasteiger partial charge in [-0.25, -0.2) is 9.48 Å². The molecule has 162 valence electrons. The molecule has 4 aromatic rings. The molecule has 2 aromatic heterocycles. The Hall–Kier alpha value is -3.36. The van der Waals surface area contributed by atoms with Crippen molar-refractivity contribution in [2.45, 2.75) is 18.7 Å². The van der Waals surface area contributed by atoms with Crippen molar-refractivity contribution in [2.75, 3.05) is 12.0 Å². The van der Waals surface area contributed by atoms with Gasteiger partial charge in [-0.05, 0) is 53.4 Å². The van der Waals surface area contributed by atoms with Crippen LogP contribution in [0.3, 0.4) is 0 Å². The number of benzene rings is 2. The average molecular weight is 467 g/mol. The van der Waals surface area contributed by atoms with Gasteiger partial charge in [0.2, 0.25) is 0 Å². The molecule has 1 saturated heterocycles. The third-order valence-electron chi connectivity index (χ3n) is 5.34. The lowest BCUT2D eigenvalue weighted by Crippen LogP contribution is -2.31. The van der Waals surface area contributed by atoms with E-state index in [4.69, 9.17) is 21.1 Å². The van der Waals surface area contributed by atoms with Crippen LogP contribution in [0.15, 0.2) is 71.6 Å². The number of carbonyl (C=O) groups is 1. The average Bonchev–Trinajstić information content (AvgIpc) is 3.55. The van der Waals surface area contributed by atoms with E-state index in [9.17, 15) is 4.79 Å². The summed E-state index contributed by atoms with van der Waals surface area (Å²) in [7, 11) is 1.62. The zero-order valence-electron chi connectivity index (χ0n) is 17.1. The van der Waals surface area contributed by atoms with Gasteiger partial charge in [0.15, 0.2) is 0 Å². The Balaban J connectivity index is 1.50. The van der Waals surface area contributed by atoms with Crippen molar-refractivity contribution in [3.8, 4) is 17.0 Å². The first-order valence-electron chi connectivity index (χ1n) is 9.94. The minimum Gasteiger partial charge on any atom is -0.497 e. The minimum atomic E-state index is -0.484. The summed E-state index contributed by atoms with van der Waals surface area (Å²) in [4.78, 5) is 14.6. The fourth-order valence-electron chi connectivity index (χ4n) is 3.84. The quantitative estimate of drug-likeness (QED) is 0.378. The van der Waals surface area contributed by atoms with Crippen molar-refractivity contribution in [2.24, 2.45) is 0 Å². The van der Waals surface area contributed by atoms with Gasteiger partial charge in [-0.3, -0.25) is 4.90 Å². The first-order valence-corrected chi connectivity index (χ1v) is 11.3. The molecule has 2 atom stereocenters. The molecule has 0 radical (unpaired) electrons. The maximum atomic E-state index is 13.0. The first-order chi connectivity index (χ1) is 15.6. The Bertz CT molecular complexity index is 1230. The molecule has 7 nitrogen and oxygen atoms in total. The van der Waals surface area contributed by atoms with Crippen LogP contribution in [0, 0.1) is 0 Å². The third kappa shape index (κ3) is 3.94. The van der Waals surface area contributed by atoms with E-state index < -0.39 is 12.2 Å². The summed E-state index contributed by atoms with van der Waals surface area (Å²) in [5, 5.41) is 13.1. The van der Waals surface area contributed by atoms with Crippen molar-refractivity contribution < 1.29 is 14.3 Å². The molecule has 32 heavy (non-hydrogen) atoms. The van der Waals surface area contributed by atoms with Crippen molar-refractivity contribution in [3.05, 3.63) is 82.1 Å². The summed E-state index contributed by atoms with van der Waals surface area (Å²) >= 11 is 7.66. The van der Waals surface area contributed by atoms with Gasteiger partial charge in [0.1, 0.15) is 23.6 Å². The molecular formula is C23H19ClN4O3S. The van der Waals surface area contributed by atoms with Crippen molar-refractivity contribution >= 4 is 34.7 Å². The lowest BCUT2D eigenvalue weighted by Gasteiger charge is -2.25. The van der Waals surface area contributed by atoms with Gasteiger partial charge in [-0.15, -0.1) is 5.10 Å². The summed E-state index contributed by atoms with van der Waals surface area (Å²) < 4.78 is 12.9. The maximum absolute atomic E-state index is 13.0. The van der Waals surface area contributed by atoms with E-state index in [2.05, 4.69) is 10.3 Å². The highest BCUT2D eigenvalue weighted by molar-refractivity contribution is 7.08. The summed E-state index contributed by atoms with van der Waals surface area (Å²) in [6.45, 7) is 0.356. The number of amides is 1. The molecule has 0 N–H and O–H groups in total. The number of halogens is 1. The molecule has 2 aromatic carbocycles. The van der Waals surface area contributed by atoms with E-state index >= 15 is 0 Å². The zero-order chi connectivity index (χ0) is 22.1. The Morgan fingerprint density at radius 2 is 2.03 bits per heavy atom. The molecule has 3 heterocycles. The summed E-state index contributed by atoms with van der Waals surface area (Å²) in [5.41, 5.74) is 3.39. The number of hydrogen-bond donors (Lipinski definition) is 0. The number of thiophene rings is 1. The van der Waals surface area contributed by atoms with Gasteiger partial charge >= 0.3 is 6.09 Å². The number of aromatic nitrogens is 3. The third-order valence-corrected chi connectivity index (χ3v) is 6.28. The van der Waals surface area contributed by atoms with Crippen molar-refractivity contribution in [1.82, 2.24) is 15.0 Å². The van der Waals surface area contributed by atoms with Crippen LogP contribution >= 0.6 is 22.9 Å². The van der Waals surface area contributed by atoms with Gasteiger partial charge in [0.25, 0.3) is 0 Å². The van der Waals surface area contributed by atoms with Crippen LogP contribution in [0.25, 0.3) is 11.3 Å². The van der Waals surface area contributed by atoms with Crippen LogP contribution in [0.4, 0.5) is 10.5 Å². The Kier molecular flexibility index (Phi) is 5.55. The molecule has 0 bridgehead atoms. The lowest BCUT2D eigenvalue weighted by molar-refractivity contribution is 0.117. The first kappa shape index (κ1) is 20.5. The molecule has 5 rings (SSSR count). The van der Waals surface area contributed by atoms with Crippen LogP contribution in [-0.4, -0.2) is 34.3 Å². The highest BCUT2D eigenvalue weighted by Crippen LogP contribution is 2.39. The molecule has 1 fully saturated rings. The van der Waals surface area contributed by atoms with E-state index in [1.165, 1.54) is 0 Å². The molecule has 0 unspecified atom stereocenters. The standard InChI is InChI=1S/C23H19ClN4O3S/c1-30-19-4-2-3-15(11-19)22-21(13-27-12-20(25-26-27)16-9-10-32-14-16)31-23(29)28(22)18-7-5-17(24)6-8-18/h2-12,14,21-22H,13H2,1H3/t21-,22-/m0/s1. The minimum absolute atomic E-state index is 0.356. The van der Waals surface area contributed by atoms with Gasteiger partial charge in [0.05, 0.1) is 19.9 Å². The normalized spacial score (nSPS) is 18.1. The second-order valence-electron chi connectivity index (χ2n) is 7.33. The number of nitrogens with zero attached hydrogens (tertiary/aromatic N) is 4. The van der Waals surface area contributed by atoms with Crippen LogP contribution in [0.2, 0.25) is 5.02 Å². The van der Waals surface area contributed by atoms with Crippen molar-refractivity contribution in [3.63, 3.8) is 0 Å². The highest BCUT2D eigenvalue weighted by atomic mass is 35.5. The molecule has 1 aliphatic heterocycles. The smallest absolute Gasteiger partial charge is 0.415 e. The van der Waals surface area contributed by atoms with E-state index in [0.717, 1.165) is 16.8 Å². The van der Waals surface area contributed by atoms with E-state index in [0.29, 0.717) is 23.0 Å². The fraction of sp³-hybridized carbons (Fsp3) is 0.174. The number of anilines is 1. The Labute approximate surface area is 193 Å². The SMILES string of the molecule is COc1cccc([C@H]2[C@H](Cn3cc(-c4ccsc4)nn3)OC(=O)N2c2ccc(Cl)cc2)c1. The lowest BCUT2D eigenvalue weighted by atomic mass is 9.99. The molecule has 0 saturated carbocycles. The number of ether oxygens (including phenoxy) is 2. The second-order valence-corrected chi connectivity index (χ2v) is 8.54. The maximum Gasteiger partial charge on any atom is 0.415 e. The predicted molar refractivity (Wildman–Crippen MR) is 123 cm³/mol. The number of cyclic esters (lactones) is 1. The van der Waals surface area contributed by atoms with Crippen LogP contribution in [0.5, 0.6) is 5.75 Å². The van der Waals surface area contributed by atoms with Gasteiger partial charge in [-0.1, -0.05) is 28.9 Å². The fourth-order valence-corrected chi connectivity index (χ4v) is 4.61. The van der Waals surface area contributed by atoms with Crippen LogP contribution in [-0.2, 0) is 11.3 Å². The predicted octanol–water partition coefficient (Wildman–Crippen LogP) is 5.44. The van der Waals surface area contributed by atoms with E-state index in [1.54, 1.807) is 40.2 Å². The van der Waals surface area contributed by atoms with Gasteiger partial charge < -0.3 is 9.47 Å². The highest BCUT2D eigenvalue weighted by Gasteiger charge is 2.44. The summed E-state index contributed by atoms with van der Waals surface area (Å²) in [6.07, 6.45) is 0.953. The Morgan fingerprint density at radius 1 is 1.19 bits per heavy atom. The van der Waals surface area contributed by atoms with Gasteiger partial charge in [-0.2, -0.15) is 11.3 Å². The molecule has 9 heteroatoms. The number of hydrogen-bond acceptors (Lipinski definition) is 6. The van der Waals surface area contributed by atoms with Crippen molar-refractivity contribution in [1.29, 1.82) is 0 Å². The molecular weight excluding hydrogens is 448 g/mol. The van der Waals surface area contributed by atoms with Crippen LogP contribution < -0.4 is 9.64 Å². The van der Waals surface area contributed by atoms with E-state index in [1.807, 2.05) is 59.4 Å². The number of carbonyl (C=O) groups excluding carboxylic acids is 1. The Morgan fingerprint density at radius 3 is 2.78 bits per heavy atom. The largest absolute Gasteiger partial charge is 0.497 e. The summed E-state index contributed by atoms with van der Waals surface area (Å²) in [6, 6.07) is 16.4. The van der Waals surface area contributed by atoms with Crippen LogP contribution in [0.1, 0.15) is 11.6 Å².